The van der Waals surface area contributed by atoms with E-state index in [2.05, 4.69) is 46.9 Å². The predicted molar refractivity (Wildman–Crippen MR) is 138 cm³/mol. The Morgan fingerprint density at radius 1 is 0.917 bits per heavy atom. The van der Waals surface area contributed by atoms with E-state index in [9.17, 15) is 13.2 Å². The summed E-state index contributed by atoms with van der Waals surface area (Å²) in [4.78, 5) is 26.4. The van der Waals surface area contributed by atoms with Crippen LogP contribution in [0.4, 0.5) is 5.69 Å². The van der Waals surface area contributed by atoms with Gasteiger partial charge in [-0.2, -0.15) is 4.31 Å². The third-order valence-corrected chi connectivity index (χ3v) is 9.10. The molecule has 0 bridgehead atoms. The molecule has 4 heterocycles. The molecule has 8 nitrogen and oxygen atoms in total. The number of sulfonamides is 1. The number of benzene rings is 1. The molecular formula is C27H31N5O3S. The van der Waals surface area contributed by atoms with Gasteiger partial charge in [-0.25, -0.2) is 8.42 Å². The number of anilines is 1. The highest BCUT2D eigenvalue weighted by Gasteiger charge is 2.45. The molecule has 0 N–H and O–H groups in total. The van der Waals surface area contributed by atoms with Crippen LogP contribution in [0.2, 0.25) is 0 Å². The van der Waals surface area contributed by atoms with Gasteiger partial charge in [0.2, 0.25) is 15.9 Å². The van der Waals surface area contributed by atoms with Crippen molar-refractivity contribution in [2.45, 2.75) is 24.7 Å². The monoisotopic (exact) mass is 505 g/mol. The van der Waals surface area contributed by atoms with Crippen molar-refractivity contribution in [2.75, 3.05) is 44.2 Å². The van der Waals surface area contributed by atoms with E-state index in [1.807, 2.05) is 17.0 Å². The summed E-state index contributed by atoms with van der Waals surface area (Å²) >= 11 is 0. The van der Waals surface area contributed by atoms with Crippen LogP contribution in [-0.2, 0) is 14.8 Å². The molecule has 1 aromatic carbocycles. The molecule has 0 saturated carbocycles. The minimum Gasteiger partial charge on any atom is -0.368 e. The fraction of sp³-hybridized carbons (Fsp3) is 0.370. The average Bonchev–Trinajstić information content (AvgIpc) is 3.37. The van der Waals surface area contributed by atoms with Crippen LogP contribution >= 0.6 is 0 Å². The van der Waals surface area contributed by atoms with Crippen molar-refractivity contribution in [2.24, 2.45) is 5.92 Å². The third kappa shape index (κ3) is 4.73. The lowest BCUT2D eigenvalue weighted by Gasteiger charge is -2.38. The van der Waals surface area contributed by atoms with Crippen molar-refractivity contribution in [1.82, 2.24) is 19.2 Å². The molecule has 36 heavy (non-hydrogen) atoms. The lowest BCUT2D eigenvalue weighted by atomic mass is 9.88. The first-order valence-corrected chi connectivity index (χ1v) is 13.7. The molecule has 2 atom stereocenters. The van der Waals surface area contributed by atoms with Gasteiger partial charge in [-0.15, -0.1) is 0 Å². The van der Waals surface area contributed by atoms with E-state index in [1.54, 1.807) is 30.7 Å². The molecule has 2 saturated heterocycles. The Balaban J connectivity index is 1.35. The number of hydrogen-bond donors (Lipinski definition) is 0. The van der Waals surface area contributed by atoms with Crippen LogP contribution in [-0.4, -0.2) is 72.8 Å². The molecule has 0 aliphatic carbocycles. The number of hydrogen-bond acceptors (Lipinski definition) is 6. The van der Waals surface area contributed by atoms with Crippen LogP contribution < -0.4 is 4.90 Å². The normalized spacial score (nSPS) is 21.1. The number of carbonyl (C=O) groups is 1. The molecule has 2 aliphatic heterocycles. The van der Waals surface area contributed by atoms with Gasteiger partial charge in [0.1, 0.15) is 4.90 Å². The zero-order chi connectivity index (χ0) is 25.3. The van der Waals surface area contributed by atoms with Gasteiger partial charge >= 0.3 is 0 Å². The maximum Gasteiger partial charge on any atom is 0.244 e. The fourth-order valence-corrected chi connectivity index (χ4v) is 6.71. The van der Waals surface area contributed by atoms with E-state index in [1.165, 1.54) is 27.3 Å². The van der Waals surface area contributed by atoms with Crippen molar-refractivity contribution >= 4 is 21.6 Å². The highest BCUT2D eigenvalue weighted by atomic mass is 32.2. The second-order valence-electron chi connectivity index (χ2n) is 9.61. The van der Waals surface area contributed by atoms with Crippen LogP contribution in [0.15, 0.2) is 72.1 Å². The molecule has 1 amide bonds. The highest BCUT2D eigenvalue weighted by Crippen LogP contribution is 2.37. The third-order valence-electron chi connectivity index (χ3n) is 7.28. The Bertz CT molecular complexity index is 1330. The maximum absolute atomic E-state index is 13.8. The van der Waals surface area contributed by atoms with E-state index in [4.69, 9.17) is 0 Å². The SMILES string of the molecule is Cc1ccc(C)c(N2CCN(C(=O)[C@@H]3CN(S(=O)(=O)c4cccnc4)CC3c3cccnc3)CC2)c1. The van der Waals surface area contributed by atoms with Gasteiger partial charge in [0.05, 0.1) is 5.92 Å². The van der Waals surface area contributed by atoms with Gasteiger partial charge in [0, 0.05) is 75.7 Å². The number of nitrogens with zero attached hydrogens (tertiary/aromatic N) is 5. The first-order valence-electron chi connectivity index (χ1n) is 12.3. The van der Waals surface area contributed by atoms with Crippen molar-refractivity contribution in [3.63, 3.8) is 0 Å². The van der Waals surface area contributed by atoms with Crippen molar-refractivity contribution in [3.8, 4) is 0 Å². The maximum atomic E-state index is 13.8. The molecule has 9 heteroatoms. The number of carbonyl (C=O) groups excluding carboxylic acids is 1. The van der Waals surface area contributed by atoms with E-state index < -0.39 is 15.9 Å². The smallest absolute Gasteiger partial charge is 0.244 e. The van der Waals surface area contributed by atoms with Gasteiger partial charge < -0.3 is 9.80 Å². The Morgan fingerprint density at radius 3 is 2.31 bits per heavy atom. The second-order valence-corrected chi connectivity index (χ2v) is 11.6. The molecule has 0 spiro atoms. The topological polar surface area (TPSA) is 86.7 Å². The summed E-state index contributed by atoms with van der Waals surface area (Å²) in [7, 11) is -3.76. The molecule has 1 unspecified atom stereocenters. The summed E-state index contributed by atoms with van der Waals surface area (Å²) in [6, 6.07) is 13.4. The average molecular weight is 506 g/mol. The number of piperazine rings is 1. The highest BCUT2D eigenvalue weighted by molar-refractivity contribution is 7.89. The van der Waals surface area contributed by atoms with Crippen LogP contribution in [0.1, 0.15) is 22.6 Å². The summed E-state index contributed by atoms with van der Waals surface area (Å²) in [6.07, 6.45) is 6.33. The molecule has 188 valence electrons. The largest absolute Gasteiger partial charge is 0.368 e. The zero-order valence-corrected chi connectivity index (χ0v) is 21.4. The molecule has 2 aliphatic rings. The molecule has 0 radical (unpaired) electrons. The van der Waals surface area contributed by atoms with E-state index >= 15 is 0 Å². The summed E-state index contributed by atoms with van der Waals surface area (Å²) in [5.74, 6) is -0.712. The van der Waals surface area contributed by atoms with Gasteiger partial charge in [-0.05, 0) is 54.8 Å². The minimum atomic E-state index is -3.76. The van der Waals surface area contributed by atoms with Crippen molar-refractivity contribution < 1.29 is 13.2 Å². The predicted octanol–water partition coefficient (Wildman–Crippen LogP) is 2.85. The van der Waals surface area contributed by atoms with Gasteiger partial charge in [0.25, 0.3) is 0 Å². The first kappa shape index (κ1) is 24.4. The quantitative estimate of drug-likeness (QED) is 0.530. The van der Waals surface area contributed by atoms with Crippen LogP contribution in [0, 0.1) is 19.8 Å². The lowest BCUT2D eigenvalue weighted by Crippen LogP contribution is -2.51. The van der Waals surface area contributed by atoms with Crippen LogP contribution in [0.3, 0.4) is 0 Å². The molecular weight excluding hydrogens is 474 g/mol. The number of rotatable bonds is 5. The first-order chi connectivity index (χ1) is 17.3. The van der Waals surface area contributed by atoms with Crippen molar-refractivity contribution in [1.29, 1.82) is 0 Å². The summed E-state index contributed by atoms with van der Waals surface area (Å²) in [5.41, 5.74) is 4.54. The summed E-state index contributed by atoms with van der Waals surface area (Å²) < 4.78 is 28.1. The van der Waals surface area contributed by atoms with Gasteiger partial charge in [-0.3, -0.25) is 14.8 Å². The number of amides is 1. The molecule has 3 aromatic rings. The molecule has 2 aromatic heterocycles. The number of pyridine rings is 2. The van der Waals surface area contributed by atoms with E-state index in [0.29, 0.717) is 13.1 Å². The van der Waals surface area contributed by atoms with Gasteiger partial charge in [0.15, 0.2) is 0 Å². The van der Waals surface area contributed by atoms with E-state index in [-0.39, 0.29) is 29.8 Å². The second kappa shape index (κ2) is 9.99. The number of aromatic nitrogens is 2. The van der Waals surface area contributed by atoms with Crippen LogP contribution in [0.25, 0.3) is 0 Å². The van der Waals surface area contributed by atoms with Crippen LogP contribution in [0.5, 0.6) is 0 Å². The lowest BCUT2D eigenvalue weighted by molar-refractivity contribution is -0.135. The summed E-state index contributed by atoms with van der Waals surface area (Å²) in [6.45, 7) is 7.30. The minimum absolute atomic E-state index is 0.00774. The Hall–Kier alpha value is -3.30. The Morgan fingerprint density at radius 2 is 1.64 bits per heavy atom. The van der Waals surface area contributed by atoms with E-state index in [0.717, 1.165) is 18.7 Å². The van der Waals surface area contributed by atoms with Crippen molar-refractivity contribution in [3.05, 3.63) is 83.9 Å². The molecule has 5 rings (SSSR count). The molecule has 2 fully saturated rings. The Labute approximate surface area is 212 Å². The fourth-order valence-electron chi connectivity index (χ4n) is 5.26. The standard InChI is InChI=1S/C27H31N5O3S/c1-20-7-8-21(2)26(15-20)30-11-13-31(14-12-30)27(33)25-19-32(18-24(25)22-5-3-9-28-16-22)36(34,35)23-6-4-10-29-17-23/h3-10,15-17,24-25H,11-14,18-19H2,1-2H3/t24?,25-/m1/s1. The van der Waals surface area contributed by atoms with Gasteiger partial charge in [-0.1, -0.05) is 18.2 Å². The Kier molecular flexibility index (Phi) is 6.77. The zero-order valence-electron chi connectivity index (χ0n) is 20.6. The number of aryl methyl sites for hydroxylation is 2. The summed E-state index contributed by atoms with van der Waals surface area (Å²) in [5, 5.41) is 0.